The van der Waals surface area contributed by atoms with Gasteiger partial charge < -0.3 is 14.2 Å². The molecular formula is C6H10O4. The maximum atomic E-state index is 9.79. The van der Waals surface area contributed by atoms with Crippen LogP contribution in [0.4, 0.5) is 0 Å². The predicted octanol–water partition coefficient (Wildman–Crippen LogP) is 0.294. The lowest BCUT2D eigenvalue weighted by atomic mass is 10.6. The lowest BCUT2D eigenvalue weighted by Gasteiger charge is -2.00. The maximum absolute atomic E-state index is 9.79. The molecule has 58 valence electrons. The van der Waals surface area contributed by atoms with E-state index < -0.39 is 0 Å². The highest BCUT2D eigenvalue weighted by Crippen LogP contribution is 1.94. The van der Waals surface area contributed by atoms with Crippen LogP contribution in [0, 0.1) is 0 Å². The van der Waals surface area contributed by atoms with E-state index in [4.69, 9.17) is 0 Å². The second-order valence-electron chi connectivity index (χ2n) is 1.47. The molecule has 0 aliphatic carbocycles. The van der Waals surface area contributed by atoms with Gasteiger partial charge in [-0.15, -0.1) is 0 Å². The van der Waals surface area contributed by atoms with Crippen LogP contribution >= 0.6 is 0 Å². The highest BCUT2D eigenvalue weighted by molar-refractivity contribution is 5.39. The lowest BCUT2D eigenvalue weighted by molar-refractivity contribution is -0.126. The van der Waals surface area contributed by atoms with Gasteiger partial charge in [-0.1, -0.05) is 0 Å². The van der Waals surface area contributed by atoms with Gasteiger partial charge in [0, 0.05) is 7.11 Å². The molecular weight excluding hydrogens is 136 g/mol. The fourth-order valence-corrected chi connectivity index (χ4v) is 0.431. The van der Waals surface area contributed by atoms with Crippen molar-refractivity contribution in [3.05, 3.63) is 12.0 Å². The van der Waals surface area contributed by atoms with Gasteiger partial charge in [-0.3, -0.25) is 4.79 Å². The third-order valence-corrected chi connectivity index (χ3v) is 0.735. The summed E-state index contributed by atoms with van der Waals surface area (Å²) in [6.07, 6.45) is 1.30. The maximum Gasteiger partial charge on any atom is 0.298 e. The molecule has 4 nitrogen and oxygen atoms in total. The summed E-state index contributed by atoms with van der Waals surface area (Å²) in [6, 6.07) is 0. The van der Waals surface area contributed by atoms with Crippen molar-refractivity contribution in [2.75, 3.05) is 20.8 Å². The largest absolute Gasteiger partial charge is 0.501 e. The number of carbonyl (C=O) groups excluding carboxylic acids is 1. The Morgan fingerprint density at radius 3 is 2.60 bits per heavy atom. The van der Waals surface area contributed by atoms with Gasteiger partial charge in [0.15, 0.2) is 5.76 Å². The van der Waals surface area contributed by atoms with Crippen molar-refractivity contribution in [1.82, 2.24) is 0 Å². The number of carbonyl (C=O) groups is 1. The smallest absolute Gasteiger partial charge is 0.298 e. The number of hydrogen-bond donors (Lipinski definition) is 0. The van der Waals surface area contributed by atoms with Crippen LogP contribution in [0.25, 0.3) is 0 Å². The Hall–Kier alpha value is -1.03. The summed E-state index contributed by atoms with van der Waals surface area (Å²) in [5.74, 6) is 0.347. The second-order valence-corrected chi connectivity index (χ2v) is 1.47. The molecule has 0 radical (unpaired) electrons. The summed E-state index contributed by atoms with van der Waals surface area (Å²) in [6.45, 7) is 0.552. The number of methoxy groups -OCH3 is 2. The van der Waals surface area contributed by atoms with E-state index in [1.165, 1.54) is 20.5 Å². The Kier molecular flexibility index (Phi) is 5.47. The first-order chi connectivity index (χ1) is 4.85. The standard InChI is InChI=1S/C6H10O4/c1-8-3-6(4-9-2)10-5-7/h3,5H,4H2,1-2H3/b6-3-. The molecule has 0 bridgehead atoms. The van der Waals surface area contributed by atoms with Gasteiger partial charge in [0.25, 0.3) is 6.47 Å². The Morgan fingerprint density at radius 2 is 2.20 bits per heavy atom. The summed E-state index contributed by atoms with van der Waals surface area (Å²) >= 11 is 0. The Labute approximate surface area is 59.4 Å². The van der Waals surface area contributed by atoms with Crippen LogP contribution in [0.5, 0.6) is 0 Å². The zero-order valence-corrected chi connectivity index (χ0v) is 5.99. The van der Waals surface area contributed by atoms with Crippen molar-refractivity contribution in [3.8, 4) is 0 Å². The molecule has 0 aromatic carbocycles. The van der Waals surface area contributed by atoms with Crippen molar-refractivity contribution in [2.24, 2.45) is 0 Å². The summed E-state index contributed by atoms with van der Waals surface area (Å²) in [7, 11) is 2.96. The molecule has 0 amide bonds. The molecule has 4 heteroatoms. The van der Waals surface area contributed by atoms with Crippen molar-refractivity contribution < 1.29 is 19.0 Å². The molecule has 10 heavy (non-hydrogen) atoms. The first-order valence-corrected chi connectivity index (χ1v) is 2.66. The molecule has 0 aliphatic rings. The molecule has 0 saturated carbocycles. The monoisotopic (exact) mass is 146 g/mol. The average Bonchev–Trinajstić information content (AvgIpc) is 1.90. The van der Waals surface area contributed by atoms with Crippen LogP contribution in [-0.4, -0.2) is 27.3 Å². The van der Waals surface area contributed by atoms with E-state index in [0.717, 1.165) is 0 Å². The summed E-state index contributed by atoms with van der Waals surface area (Å²) in [5.41, 5.74) is 0. The molecule has 0 heterocycles. The first kappa shape index (κ1) is 8.97. The summed E-state index contributed by atoms with van der Waals surface area (Å²) in [5, 5.41) is 0. The Bertz CT molecular complexity index is 119. The van der Waals surface area contributed by atoms with E-state index in [1.54, 1.807) is 0 Å². The second kappa shape index (κ2) is 6.10. The molecule has 0 aromatic rings. The van der Waals surface area contributed by atoms with E-state index >= 15 is 0 Å². The number of ether oxygens (including phenoxy) is 3. The normalized spacial score (nSPS) is 10.8. The molecule has 0 atom stereocenters. The van der Waals surface area contributed by atoms with Crippen LogP contribution in [0.15, 0.2) is 12.0 Å². The molecule has 0 aromatic heterocycles. The van der Waals surface area contributed by atoms with Gasteiger partial charge in [-0.2, -0.15) is 0 Å². The highest BCUT2D eigenvalue weighted by atomic mass is 16.6. The quantitative estimate of drug-likeness (QED) is 0.413. The van der Waals surface area contributed by atoms with Gasteiger partial charge in [-0.05, 0) is 0 Å². The topological polar surface area (TPSA) is 44.8 Å². The third-order valence-electron chi connectivity index (χ3n) is 0.735. The highest BCUT2D eigenvalue weighted by Gasteiger charge is 1.94. The summed E-state index contributed by atoms with van der Waals surface area (Å²) < 4.78 is 13.7. The minimum atomic E-state index is 0.229. The van der Waals surface area contributed by atoms with Crippen molar-refractivity contribution in [2.45, 2.75) is 0 Å². The zero-order valence-electron chi connectivity index (χ0n) is 5.99. The van der Waals surface area contributed by atoms with Gasteiger partial charge in [-0.25, -0.2) is 0 Å². The van der Waals surface area contributed by atoms with Gasteiger partial charge >= 0.3 is 0 Å². The summed E-state index contributed by atoms with van der Waals surface area (Å²) in [4.78, 5) is 9.79. The molecule has 0 rings (SSSR count). The minimum absolute atomic E-state index is 0.229. The van der Waals surface area contributed by atoms with E-state index in [9.17, 15) is 4.79 Å². The first-order valence-electron chi connectivity index (χ1n) is 2.66. The van der Waals surface area contributed by atoms with Crippen molar-refractivity contribution in [3.63, 3.8) is 0 Å². The lowest BCUT2D eigenvalue weighted by Crippen LogP contribution is -1.98. The van der Waals surface area contributed by atoms with Crippen LogP contribution in [0.2, 0.25) is 0 Å². The molecule has 0 saturated heterocycles. The predicted molar refractivity (Wildman–Crippen MR) is 34.1 cm³/mol. The number of rotatable bonds is 5. The van der Waals surface area contributed by atoms with Crippen LogP contribution in [0.3, 0.4) is 0 Å². The third kappa shape index (κ3) is 3.91. The zero-order chi connectivity index (χ0) is 7.82. The van der Waals surface area contributed by atoms with Crippen LogP contribution < -0.4 is 0 Å². The van der Waals surface area contributed by atoms with Gasteiger partial charge in [0.2, 0.25) is 0 Å². The van der Waals surface area contributed by atoms with Crippen molar-refractivity contribution in [1.29, 1.82) is 0 Å². The Balaban J connectivity index is 3.71. The SMILES string of the molecule is CO/C=C(/COC)OC=O. The molecule has 0 fully saturated rings. The fourth-order valence-electron chi connectivity index (χ4n) is 0.431. The van der Waals surface area contributed by atoms with E-state index in [2.05, 4.69) is 14.2 Å². The fraction of sp³-hybridized carbons (Fsp3) is 0.500. The van der Waals surface area contributed by atoms with E-state index in [0.29, 0.717) is 12.2 Å². The van der Waals surface area contributed by atoms with Crippen LogP contribution in [-0.2, 0) is 19.0 Å². The molecule has 0 aliphatic heterocycles. The van der Waals surface area contributed by atoms with E-state index in [-0.39, 0.29) is 6.61 Å². The average molecular weight is 146 g/mol. The van der Waals surface area contributed by atoms with Crippen LogP contribution in [0.1, 0.15) is 0 Å². The molecule has 0 spiro atoms. The van der Waals surface area contributed by atoms with Gasteiger partial charge in [0.05, 0.1) is 7.11 Å². The molecule has 0 N–H and O–H groups in total. The van der Waals surface area contributed by atoms with E-state index in [1.807, 2.05) is 0 Å². The molecule has 0 unspecified atom stereocenters. The number of hydrogen-bond acceptors (Lipinski definition) is 4. The minimum Gasteiger partial charge on any atom is -0.501 e. The van der Waals surface area contributed by atoms with Gasteiger partial charge in [0.1, 0.15) is 12.9 Å². The van der Waals surface area contributed by atoms with Crippen molar-refractivity contribution >= 4 is 6.47 Å². The Morgan fingerprint density at radius 1 is 1.50 bits per heavy atom.